The number of carboxylic acid groups (broad SMARTS) is 1. The van der Waals surface area contributed by atoms with Gasteiger partial charge in [-0.15, -0.1) is 0 Å². The van der Waals surface area contributed by atoms with E-state index in [2.05, 4.69) is 48.2 Å². The van der Waals surface area contributed by atoms with E-state index >= 15 is 0 Å². The van der Waals surface area contributed by atoms with Crippen molar-refractivity contribution in [3.63, 3.8) is 0 Å². The molecule has 2 aromatic carbocycles. The van der Waals surface area contributed by atoms with Crippen molar-refractivity contribution in [2.75, 3.05) is 5.32 Å². The van der Waals surface area contributed by atoms with E-state index in [1.807, 2.05) is 0 Å². The minimum atomic E-state index is -1.13. The van der Waals surface area contributed by atoms with Gasteiger partial charge in [0.05, 0.1) is 15.4 Å². The van der Waals surface area contributed by atoms with E-state index in [9.17, 15) is 4.79 Å². The van der Waals surface area contributed by atoms with Crippen LogP contribution in [0.3, 0.4) is 0 Å². The number of anilines is 1. The predicted molar refractivity (Wildman–Crippen MR) is 96.4 cm³/mol. The molecule has 1 aromatic heterocycles. The van der Waals surface area contributed by atoms with Crippen LogP contribution in [-0.4, -0.2) is 16.2 Å². The SMILES string of the molecule is N#Cc1cc(C(Br)Br)c2oc(-c3ccc(NC(=O)O)cc3)nc2c1. The molecule has 0 atom stereocenters. The highest BCUT2D eigenvalue weighted by molar-refractivity contribution is 9.24. The zero-order chi connectivity index (χ0) is 17.3. The summed E-state index contributed by atoms with van der Waals surface area (Å²) in [5.74, 6) is 0.392. The quantitative estimate of drug-likeness (QED) is 0.531. The van der Waals surface area contributed by atoms with Crippen molar-refractivity contribution in [3.8, 4) is 17.5 Å². The molecule has 0 spiro atoms. The second-order valence-corrected chi connectivity index (χ2v) is 7.91. The summed E-state index contributed by atoms with van der Waals surface area (Å²) in [5, 5.41) is 20.1. The van der Waals surface area contributed by atoms with Crippen molar-refractivity contribution in [1.82, 2.24) is 4.98 Å². The van der Waals surface area contributed by atoms with Crippen LogP contribution in [0.25, 0.3) is 22.6 Å². The van der Waals surface area contributed by atoms with Gasteiger partial charge in [-0.2, -0.15) is 5.26 Å². The fourth-order valence-corrected chi connectivity index (χ4v) is 2.91. The summed E-state index contributed by atoms with van der Waals surface area (Å²) in [6.07, 6.45) is -1.13. The Morgan fingerprint density at radius 3 is 2.58 bits per heavy atom. The number of oxazole rings is 1. The van der Waals surface area contributed by atoms with E-state index in [0.29, 0.717) is 33.8 Å². The van der Waals surface area contributed by atoms with E-state index in [0.717, 1.165) is 5.56 Å². The van der Waals surface area contributed by atoms with Gasteiger partial charge in [0.1, 0.15) is 5.52 Å². The molecule has 0 radical (unpaired) electrons. The summed E-state index contributed by atoms with van der Waals surface area (Å²) in [6, 6.07) is 12.2. The van der Waals surface area contributed by atoms with E-state index in [4.69, 9.17) is 14.8 Å². The van der Waals surface area contributed by atoms with Gasteiger partial charge >= 0.3 is 6.09 Å². The first kappa shape index (κ1) is 16.5. The zero-order valence-electron chi connectivity index (χ0n) is 12.0. The van der Waals surface area contributed by atoms with Crippen LogP contribution < -0.4 is 5.32 Å². The van der Waals surface area contributed by atoms with Gasteiger partial charge in [-0.25, -0.2) is 9.78 Å². The third kappa shape index (κ3) is 3.27. The molecule has 24 heavy (non-hydrogen) atoms. The number of benzene rings is 2. The summed E-state index contributed by atoms with van der Waals surface area (Å²) in [7, 11) is 0. The molecule has 120 valence electrons. The lowest BCUT2D eigenvalue weighted by atomic mass is 10.1. The number of nitrogens with one attached hydrogen (secondary N) is 1. The normalized spacial score (nSPS) is 10.8. The maximum absolute atomic E-state index is 10.6. The van der Waals surface area contributed by atoms with Gasteiger partial charge in [0.2, 0.25) is 5.89 Å². The average Bonchev–Trinajstić information content (AvgIpc) is 2.97. The van der Waals surface area contributed by atoms with Gasteiger partial charge in [-0.1, -0.05) is 31.9 Å². The average molecular weight is 451 g/mol. The number of nitriles is 1. The Balaban J connectivity index is 2.06. The molecule has 0 aliphatic carbocycles. The molecule has 0 unspecified atom stereocenters. The van der Waals surface area contributed by atoms with Crippen molar-refractivity contribution in [2.24, 2.45) is 0 Å². The van der Waals surface area contributed by atoms with E-state index in [1.54, 1.807) is 36.4 Å². The Kier molecular flexibility index (Phi) is 4.55. The third-order valence-corrected chi connectivity index (χ3v) is 4.25. The monoisotopic (exact) mass is 449 g/mol. The van der Waals surface area contributed by atoms with Crippen LogP contribution in [-0.2, 0) is 0 Å². The van der Waals surface area contributed by atoms with Gasteiger partial charge in [0.15, 0.2) is 5.58 Å². The number of fused-ring (bicyclic) bond motifs is 1. The Bertz CT molecular complexity index is 959. The summed E-state index contributed by atoms with van der Waals surface area (Å²) in [4.78, 5) is 15.1. The molecule has 3 aromatic rings. The van der Waals surface area contributed by atoms with E-state index in [-0.39, 0.29) is 3.74 Å². The number of carbonyl (C=O) groups is 1. The van der Waals surface area contributed by atoms with Crippen LogP contribution in [0, 0.1) is 11.3 Å². The number of hydrogen-bond donors (Lipinski definition) is 2. The van der Waals surface area contributed by atoms with Gasteiger partial charge in [-0.05, 0) is 36.4 Å². The lowest BCUT2D eigenvalue weighted by Gasteiger charge is -2.03. The first-order valence-corrected chi connectivity index (χ1v) is 8.54. The van der Waals surface area contributed by atoms with Crippen LogP contribution in [0.2, 0.25) is 0 Å². The van der Waals surface area contributed by atoms with Gasteiger partial charge < -0.3 is 9.52 Å². The second kappa shape index (κ2) is 6.63. The molecule has 8 heteroatoms. The summed E-state index contributed by atoms with van der Waals surface area (Å²) < 4.78 is 5.67. The molecule has 0 fully saturated rings. The molecule has 2 N–H and O–H groups in total. The van der Waals surface area contributed by atoms with Crippen molar-refractivity contribution in [3.05, 3.63) is 47.5 Å². The highest BCUT2D eigenvalue weighted by Crippen LogP contribution is 2.37. The molecule has 0 saturated heterocycles. The predicted octanol–water partition coefficient (Wildman–Crippen LogP) is 5.24. The van der Waals surface area contributed by atoms with E-state index in [1.165, 1.54) is 0 Å². The maximum atomic E-state index is 10.6. The standard InChI is InChI=1S/C16H9Br2N3O3/c17-14(18)11-5-8(7-19)6-12-13(11)24-15(21-12)9-1-3-10(4-2-9)20-16(22)23/h1-6,14,20H,(H,22,23). The number of nitrogens with zero attached hydrogens (tertiary/aromatic N) is 2. The van der Waals surface area contributed by atoms with Crippen molar-refractivity contribution in [2.45, 2.75) is 3.74 Å². The largest absolute Gasteiger partial charge is 0.465 e. The minimum Gasteiger partial charge on any atom is -0.465 e. The summed E-state index contributed by atoms with van der Waals surface area (Å²) >= 11 is 6.84. The molecule has 0 saturated carbocycles. The van der Waals surface area contributed by atoms with Gasteiger partial charge in [0.25, 0.3) is 0 Å². The summed E-state index contributed by atoms with van der Waals surface area (Å²) in [6.45, 7) is 0. The Labute approximate surface area is 153 Å². The minimum absolute atomic E-state index is 0.177. The molecule has 6 nitrogen and oxygen atoms in total. The molecule has 0 aliphatic rings. The zero-order valence-corrected chi connectivity index (χ0v) is 15.1. The number of halogens is 2. The number of rotatable bonds is 3. The summed E-state index contributed by atoms with van der Waals surface area (Å²) in [5.41, 5.74) is 3.57. The Morgan fingerprint density at radius 1 is 1.29 bits per heavy atom. The van der Waals surface area contributed by atoms with Crippen molar-refractivity contribution >= 4 is 54.7 Å². The van der Waals surface area contributed by atoms with E-state index < -0.39 is 6.09 Å². The fraction of sp³-hybridized carbons (Fsp3) is 0.0625. The van der Waals surface area contributed by atoms with Crippen molar-refractivity contribution in [1.29, 1.82) is 5.26 Å². The molecule has 0 bridgehead atoms. The van der Waals surface area contributed by atoms with Crippen LogP contribution >= 0.6 is 31.9 Å². The topological polar surface area (TPSA) is 99.2 Å². The van der Waals surface area contributed by atoms with Gasteiger partial charge in [-0.3, -0.25) is 5.32 Å². The maximum Gasteiger partial charge on any atom is 0.409 e. The first-order chi connectivity index (χ1) is 11.5. The molecule has 1 amide bonds. The van der Waals surface area contributed by atoms with Crippen LogP contribution in [0.5, 0.6) is 0 Å². The molecular weight excluding hydrogens is 442 g/mol. The second-order valence-electron chi connectivity index (χ2n) is 4.85. The number of hydrogen-bond acceptors (Lipinski definition) is 4. The highest BCUT2D eigenvalue weighted by atomic mass is 79.9. The van der Waals surface area contributed by atoms with Gasteiger partial charge in [0, 0.05) is 16.8 Å². The molecule has 1 heterocycles. The highest BCUT2D eigenvalue weighted by Gasteiger charge is 2.17. The Hall–Kier alpha value is -2.37. The Morgan fingerprint density at radius 2 is 2.00 bits per heavy atom. The molecule has 0 aliphatic heterocycles. The van der Waals surface area contributed by atoms with Crippen LogP contribution in [0.1, 0.15) is 14.9 Å². The van der Waals surface area contributed by atoms with Crippen molar-refractivity contribution < 1.29 is 14.3 Å². The smallest absolute Gasteiger partial charge is 0.409 e. The lowest BCUT2D eigenvalue weighted by molar-refractivity contribution is 0.210. The van der Waals surface area contributed by atoms with Crippen LogP contribution in [0.15, 0.2) is 40.8 Å². The molecular formula is C16H9Br2N3O3. The number of amides is 1. The van der Waals surface area contributed by atoms with Crippen LogP contribution in [0.4, 0.5) is 10.5 Å². The lowest BCUT2D eigenvalue weighted by Crippen LogP contribution is -2.06. The number of aromatic nitrogens is 1. The first-order valence-electron chi connectivity index (χ1n) is 6.71. The molecule has 3 rings (SSSR count). The number of alkyl halides is 2. The third-order valence-electron chi connectivity index (χ3n) is 3.27. The fourth-order valence-electron chi connectivity index (χ4n) is 2.23.